The highest BCUT2D eigenvalue weighted by molar-refractivity contribution is 8.14. The smallest absolute Gasteiger partial charge is 0.307 e. The van der Waals surface area contributed by atoms with Crippen LogP contribution in [-0.2, 0) is 9.59 Å². The van der Waals surface area contributed by atoms with Gasteiger partial charge in [-0.15, -0.1) is 0 Å². The summed E-state index contributed by atoms with van der Waals surface area (Å²) in [7, 11) is 0. The van der Waals surface area contributed by atoms with Gasteiger partial charge in [-0.2, -0.15) is 4.39 Å². The quantitative estimate of drug-likeness (QED) is 0.517. The monoisotopic (exact) mass is 313 g/mol. The maximum absolute atomic E-state index is 13.4. The first-order valence-corrected chi connectivity index (χ1v) is 6.88. The number of nitrogens with zero attached hydrogens (tertiary/aromatic N) is 2. The van der Waals surface area contributed by atoms with Crippen molar-refractivity contribution in [3.8, 4) is 0 Å². The summed E-state index contributed by atoms with van der Waals surface area (Å²) in [5.41, 5.74) is 4.95. The van der Waals surface area contributed by atoms with Crippen molar-refractivity contribution < 1.29 is 18.9 Å². The number of hydrogen-bond acceptors (Lipinski definition) is 6. The van der Waals surface area contributed by atoms with Gasteiger partial charge in [0.05, 0.1) is 16.3 Å². The van der Waals surface area contributed by atoms with Crippen LogP contribution in [0.15, 0.2) is 12.1 Å². The van der Waals surface area contributed by atoms with Gasteiger partial charge < -0.3 is 10.6 Å². The van der Waals surface area contributed by atoms with Crippen molar-refractivity contribution in [2.75, 3.05) is 17.2 Å². The van der Waals surface area contributed by atoms with E-state index in [4.69, 9.17) is 5.73 Å². The number of thioether (sulfide) groups is 1. The maximum Gasteiger partial charge on any atom is 0.307 e. The first kappa shape index (κ1) is 15.2. The van der Waals surface area contributed by atoms with Crippen LogP contribution in [0.5, 0.6) is 0 Å². The third kappa shape index (κ3) is 3.13. The van der Waals surface area contributed by atoms with Gasteiger partial charge in [-0.05, 0) is 0 Å². The molecule has 1 saturated heterocycles. The van der Waals surface area contributed by atoms with E-state index in [0.29, 0.717) is 0 Å². The minimum absolute atomic E-state index is 0.0556. The molecule has 1 aliphatic heterocycles. The van der Waals surface area contributed by atoms with Crippen molar-refractivity contribution >= 4 is 39.8 Å². The second-order valence-corrected chi connectivity index (χ2v) is 6.04. The Balaban J connectivity index is 2.34. The van der Waals surface area contributed by atoms with Crippen LogP contribution in [0.1, 0.15) is 13.3 Å². The molecule has 1 heterocycles. The number of nitro benzene ring substituents is 1. The molecule has 21 heavy (non-hydrogen) atoms. The number of nitrogen functional groups attached to an aromatic ring is 1. The lowest BCUT2D eigenvalue weighted by atomic mass is 10.2. The molecule has 1 aromatic carbocycles. The number of hydrogen-bond donors (Lipinski definition) is 1. The number of nitrogens with two attached hydrogens (primary N) is 1. The molecule has 112 valence electrons. The fourth-order valence-corrected chi connectivity index (χ4v) is 3.08. The molecule has 1 fully saturated rings. The van der Waals surface area contributed by atoms with E-state index in [1.165, 1.54) is 11.8 Å². The molecule has 9 heteroatoms. The number of carbonyl (C=O) groups is 2. The molecule has 1 amide bonds. The van der Waals surface area contributed by atoms with Crippen molar-refractivity contribution in [3.05, 3.63) is 28.1 Å². The van der Waals surface area contributed by atoms with Gasteiger partial charge in [-0.3, -0.25) is 19.7 Å². The highest BCUT2D eigenvalue weighted by Gasteiger charge is 2.34. The van der Waals surface area contributed by atoms with E-state index in [9.17, 15) is 24.1 Å². The zero-order chi connectivity index (χ0) is 15.7. The standard InChI is InChI=1S/C12H12FN3O4S/c1-6(17)21-7-2-12(18)15(5-7)11-4-10(16(19)20)8(13)3-9(11)14/h3-4,7H,2,5,14H2,1H3. The number of amides is 1. The molecule has 0 aromatic heterocycles. The number of carbonyl (C=O) groups excluding carboxylic acids is 2. The molecule has 2 N–H and O–H groups in total. The predicted octanol–water partition coefficient (Wildman–Crippen LogP) is 1.70. The molecule has 0 radical (unpaired) electrons. The van der Waals surface area contributed by atoms with E-state index in [1.807, 2.05) is 0 Å². The molecule has 0 saturated carbocycles. The summed E-state index contributed by atoms with van der Waals surface area (Å²) >= 11 is 1.03. The number of benzene rings is 1. The lowest BCUT2D eigenvalue weighted by Crippen LogP contribution is -2.26. The van der Waals surface area contributed by atoms with Gasteiger partial charge in [0.1, 0.15) is 0 Å². The van der Waals surface area contributed by atoms with Crippen LogP contribution >= 0.6 is 11.8 Å². The Morgan fingerprint density at radius 1 is 1.57 bits per heavy atom. The maximum atomic E-state index is 13.4. The Bertz CT molecular complexity index is 637. The first-order valence-electron chi connectivity index (χ1n) is 6.00. The lowest BCUT2D eigenvalue weighted by molar-refractivity contribution is -0.387. The van der Waals surface area contributed by atoms with Crippen LogP contribution in [0.4, 0.5) is 21.5 Å². The van der Waals surface area contributed by atoms with E-state index in [0.717, 1.165) is 23.9 Å². The van der Waals surface area contributed by atoms with Crippen LogP contribution in [-0.4, -0.2) is 27.7 Å². The summed E-state index contributed by atoms with van der Waals surface area (Å²) < 4.78 is 13.4. The minimum atomic E-state index is -1.05. The van der Waals surface area contributed by atoms with Gasteiger partial charge in [-0.1, -0.05) is 11.8 Å². The summed E-state index contributed by atoms with van der Waals surface area (Å²) in [6.45, 7) is 1.60. The summed E-state index contributed by atoms with van der Waals surface area (Å²) in [6, 6.07) is 1.77. The number of rotatable bonds is 3. The Morgan fingerprint density at radius 3 is 2.81 bits per heavy atom. The lowest BCUT2D eigenvalue weighted by Gasteiger charge is -2.18. The Morgan fingerprint density at radius 2 is 2.24 bits per heavy atom. The number of halogens is 1. The zero-order valence-electron chi connectivity index (χ0n) is 11.0. The second kappa shape index (κ2) is 5.68. The fraction of sp³-hybridized carbons (Fsp3) is 0.333. The zero-order valence-corrected chi connectivity index (χ0v) is 11.9. The van der Waals surface area contributed by atoms with Crippen LogP contribution < -0.4 is 10.6 Å². The van der Waals surface area contributed by atoms with Crippen LogP contribution in [0, 0.1) is 15.9 Å². The van der Waals surface area contributed by atoms with E-state index < -0.39 is 16.4 Å². The van der Waals surface area contributed by atoms with E-state index in [1.54, 1.807) is 0 Å². The minimum Gasteiger partial charge on any atom is -0.397 e. The topological polar surface area (TPSA) is 107 Å². The number of nitro groups is 1. The first-order chi connectivity index (χ1) is 9.79. The molecule has 0 aliphatic carbocycles. The Labute approximate surface area is 123 Å². The van der Waals surface area contributed by atoms with Gasteiger partial charge >= 0.3 is 5.69 Å². The van der Waals surface area contributed by atoms with Gasteiger partial charge in [0.2, 0.25) is 11.7 Å². The molecule has 0 spiro atoms. The average molecular weight is 313 g/mol. The van der Waals surface area contributed by atoms with Crippen molar-refractivity contribution in [2.24, 2.45) is 0 Å². The van der Waals surface area contributed by atoms with E-state index in [2.05, 4.69) is 0 Å². The highest BCUT2D eigenvalue weighted by atomic mass is 32.2. The fourth-order valence-electron chi connectivity index (χ4n) is 2.16. The molecule has 1 aromatic rings. The van der Waals surface area contributed by atoms with Gasteiger partial charge in [0, 0.05) is 37.3 Å². The predicted molar refractivity (Wildman–Crippen MR) is 76.5 cm³/mol. The van der Waals surface area contributed by atoms with Crippen molar-refractivity contribution in [3.63, 3.8) is 0 Å². The molecule has 1 aliphatic rings. The Kier molecular flexibility index (Phi) is 4.12. The van der Waals surface area contributed by atoms with Crippen LogP contribution in [0.2, 0.25) is 0 Å². The van der Waals surface area contributed by atoms with Crippen molar-refractivity contribution in [2.45, 2.75) is 18.6 Å². The van der Waals surface area contributed by atoms with Crippen molar-refractivity contribution in [1.29, 1.82) is 0 Å². The van der Waals surface area contributed by atoms with E-state index >= 15 is 0 Å². The molecule has 1 atom stereocenters. The SMILES string of the molecule is CC(=O)SC1CC(=O)N(c2cc([N+](=O)[O-])c(F)cc2N)C1. The Hall–Kier alpha value is -2.16. The summed E-state index contributed by atoms with van der Waals surface area (Å²) in [6.07, 6.45) is 0.134. The van der Waals surface area contributed by atoms with E-state index in [-0.39, 0.29) is 40.6 Å². The summed E-state index contributed by atoms with van der Waals surface area (Å²) in [5, 5.41) is 10.4. The number of anilines is 2. The third-order valence-electron chi connectivity index (χ3n) is 3.01. The van der Waals surface area contributed by atoms with Gasteiger partial charge in [-0.25, -0.2) is 0 Å². The average Bonchev–Trinajstić information content (AvgIpc) is 2.68. The molecular formula is C12H12FN3O4S. The molecule has 2 rings (SSSR count). The van der Waals surface area contributed by atoms with Gasteiger partial charge in [0.25, 0.3) is 0 Å². The summed E-state index contributed by atoms with van der Waals surface area (Å²) in [5.74, 6) is -1.36. The molecule has 7 nitrogen and oxygen atoms in total. The summed E-state index contributed by atoms with van der Waals surface area (Å²) in [4.78, 5) is 34.2. The normalized spacial score (nSPS) is 18.1. The van der Waals surface area contributed by atoms with Crippen LogP contribution in [0.3, 0.4) is 0 Å². The molecule has 1 unspecified atom stereocenters. The molecular weight excluding hydrogens is 301 g/mol. The largest absolute Gasteiger partial charge is 0.397 e. The van der Waals surface area contributed by atoms with Crippen molar-refractivity contribution in [1.82, 2.24) is 0 Å². The third-order valence-corrected chi connectivity index (χ3v) is 3.99. The molecule has 0 bridgehead atoms. The van der Waals surface area contributed by atoms with Crippen LogP contribution in [0.25, 0.3) is 0 Å². The van der Waals surface area contributed by atoms with Gasteiger partial charge in [0.15, 0.2) is 5.12 Å². The second-order valence-electron chi connectivity index (χ2n) is 4.56. The highest BCUT2D eigenvalue weighted by Crippen LogP contribution is 2.35.